The summed E-state index contributed by atoms with van der Waals surface area (Å²) < 4.78 is 7.47. The van der Waals surface area contributed by atoms with Gasteiger partial charge in [0.2, 0.25) is 0 Å². The fourth-order valence-electron chi connectivity index (χ4n) is 9.62. The molecule has 4 aromatic heterocycles. The van der Waals surface area contributed by atoms with E-state index in [-0.39, 0.29) is 0 Å². The lowest BCUT2D eigenvalue weighted by molar-refractivity contribution is 1.18. The van der Waals surface area contributed by atoms with Gasteiger partial charge in [0.05, 0.1) is 27.6 Å². The first-order valence-electron chi connectivity index (χ1n) is 19.8. The third kappa shape index (κ3) is 4.55. The summed E-state index contributed by atoms with van der Waals surface area (Å²) in [5.41, 5.74) is 14.3. The van der Waals surface area contributed by atoms with Crippen LogP contribution in [0.25, 0.3) is 119 Å². The van der Waals surface area contributed by atoms with Crippen molar-refractivity contribution < 1.29 is 0 Å². The number of hydrogen-bond acceptors (Lipinski definition) is 1. The second-order valence-electron chi connectivity index (χ2n) is 15.4. The van der Waals surface area contributed by atoms with Gasteiger partial charge in [-0.25, -0.2) is 0 Å². The predicted octanol–water partition coefficient (Wildman–Crippen LogP) is 15.2. The highest BCUT2D eigenvalue weighted by atomic mass is 32.1. The quantitative estimate of drug-likeness (QED) is 0.185. The monoisotopic (exact) mass is 755 g/mol. The van der Waals surface area contributed by atoms with Crippen LogP contribution in [0.3, 0.4) is 0 Å². The van der Waals surface area contributed by atoms with E-state index in [9.17, 15) is 0 Å². The Morgan fingerprint density at radius 1 is 0.328 bits per heavy atom. The molecule has 13 aromatic rings. The fourth-order valence-corrected chi connectivity index (χ4v) is 10.7. The molecule has 270 valence electrons. The molecule has 0 fully saturated rings. The Morgan fingerprint density at radius 3 is 1.67 bits per heavy atom. The molecular weight excluding hydrogens is 723 g/mol. The van der Waals surface area contributed by atoms with Gasteiger partial charge in [-0.3, -0.25) is 0 Å². The molecule has 0 saturated heterocycles. The van der Waals surface area contributed by atoms with Crippen LogP contribution in [0, 0.1) is 0 Å². The second-order valence-corrected chi connectivity index (χ2v) is 16.5. The maximum absolute atomic E-state index is 3.84. The molecule has 58 heavy (non-hydrogen) atoms. The Balaban J connectivity index is 1.03. The Morgan fingerprint density at radius 2 is 0.897 bits per heavy atom. The van der Waals surface area contributed by atoms with E-state index >= 15 is 0 Å². The van der Waals surface area contributed by atoms with Crippen molar-refractivity contribution in [3.63, 3.8) is 0 Å². The molecule has 0 bridgehead atoms. The van der Waals surface area contributed by atoms with Crippen molar-refractivity contribution in [2.75, 3.05) is 0 Å². The van der Waals surface area contributed by atoms with Crippen LogP contribution in [0.2, 0.25) is 0 Å². The maximum atomic E-state index is 3.84. The standard InChI is InChI=1S/C54H33N3S/c1-2-12-36(13-3-1)56-48-19-9-5-15-39(48)43-28-33(22-25-50(43)56)35-30-42(54-46(31-35)38-14-4-8-18-47(38)55-54)34-23-26-51-44(29-34)40-16-6-10-20-49(40)57(51)37-24-27-53-45(32-37)41-17-7-11-21-52(41)58-53/h1-32,55H. The Labute approximate surface area is 337 Å². The lowest BCUT2D eigenvalue weighted by Crippen LogP contribution is -1.93. The summed E-state index contributed by atoms with van der Waals surface area (Å²) in [6.45, 7) is 0. The molecule has 0 spiro atoms. The number of nitrogens with zero attached hydrogens (tertiary/aromatic N) is 2. The van der Waals surface area contributed by atoms with Crippen LogP contribution < -0.4 is 0 Å². The molecule has 0 radical (unpaired) electrons. The Kier molecular flexibility index (Phi) is 6.60. The molecule has 0 aliphatic rings. The summed E-state index contributed by atoms with van der Waals surface area (Å²) in [6, 6.07) is 71.5. The lowest BCUT2D eigenvalue weighted by atomic mass is 9.94. The van der Waals surface area contributed by atoms with Gasteiger partial charge in [0.1, 0.15) is 0 Å². The number of aromatic amines is 1. The molecule has 3 nitrogen and oxygen atoms in total. The number of benzene rings is 9. The number of para-hydroxylation sites is 4. The number of rotatable bonds is 4. The van der Waals surface area contributed by atoms with Crippen molar-refractivity contribution in [1.29, 1.82) is 0 Å². The molecule has 9 aromatic carbocycles. The highest BCUT2D eigenvalue weighted by molar-refractivity contribution is 7.25. The van der Waals surface area contributed by atoms with Gasteiger partial charge in [-0.05, 0) is 108 Å². The summed E-state index contributed by atoms with van der Waals surface area (Å²) in [4.78, 5) is 3.84. The summed E-state index contributed by atoms with van der Waals surface area (Å²) in [7, 11) is 0. The highest BCUT2D eigenvalue weighted by Crippen LogP contribution is 2.43. The van der Waals surface area contributed by atoms with Crippen LogP contribution in [-0.4, -0.2) is 14.1 Å². The van der Waals surface area contributed by atoms with Crippen molar-refractivity contribution in [2.24, 2.45) is 0 Å². The van der Waals surface area contributed by atoms with Gasteiger partial charge in [0.15, 0.2) is 0 Å². The van der Waals surface area contributed by atoms with Crippen molar-refractivity contribution in [3.05, 3.63) is 194 Å². The van der Waals surface area contributed by atoms with E-state index in [0.29, 0.717) is 0 Å². The zero-order valence-corrected chi connectivity index (χ0v) is 32.1. The van der Waals surface area contributed by atoms with Gasteiger partial charge in [-0.1, -0.05) is 103 Å². The molecule has 4 heteroatoms. The summed E-state index contributed by atoms with van der Waals surface area (Å²) in [6.07, 6.45) is 0. The molecule has 0 aliphatic carbocycles. The molecule has 0 saturated carbocycles. The van der Waals surface area contributed by atoms with E-state index in [1.165, 1.54) is 108 Å². The molecule has 13 rings (SSSR count). The average Bonchev–Trinajstić information content (AvgIpc) is 4.03. The summed E-state index contributed by atoms with van der Waals surface area (Å²) in [5, 5.41) is 10.1. The second kappa shape index (κ2) is 12.1. The highest BCUT2D eigenvalue weighted by Gasteiger charge is 2.19. The first-order chi connectivity index (χ1) is 28.7. The van der Waals surface area contributed by atoms with E-state index in [1.54, 1.807) is 0 Å². The van der Waals surface area contributed by atoms with Gasteiger partial charge < -0.3 is 14.1 Å². The topological polar surface area (TPSA) is 25.6 Å². The first kappa shape index (κ1) is 31.8. The van der Waals surface area contributed by atoms with Crippen molar-refractivity contribution in [2.45, 2.75) is 0 Å². The molecule has 0 aliphatic heterocycles. The van der Waals surface area contributed by atoms with Gasteiger partial charge in [-0.15, -0.1) is 11.3 Å². The maximum Gasteiger partial charge on any atom is 0.0544 e. The third-order valence-corrected chi connectivity index (χ3v) is 13.4. The van der Waals surface area contributed by atoms with Crippen LogP contribution in [0.1, 0.15) is 0 Å². The Bertz CT molecular complexity index is 3800. The van der Waals surface area contributed by atoms with Gasteiger partial charge in [-0.2, -0.15) is 0 Å². The molecule has 4 heterocycles. The number of H-pyrrole nitrogens is 1. The van der Waals surface area contributed by atoms with Gasteiger partial charge in [0, 0.05) is 74.9 Å². The molecular formula is C54H33N3S. The first-order valence-corrected chi connectivity index (χ1v) is 20.7. The fraction of sp³-hybridized carbons (Fsp3) is 0. The van der Waals surface area contributed by atoms with E-state index in [1.807, 2.05) is 11.3 Å². The average molecular weight is 756 g/mol. The predicted molar refractivity (Wildman–Crippen MR) is 248 cm³/mol. The van der Waals surface area contributed by atoms with E-state index in [2.05, 4.69) is 208 Å². The van der Waals surface area contributed by atoms with E-state index in [4.69, 9.17) is 0 Å². The SMILES string of the molecule is c1ccc(-n2c3ccccc3c3cc(-c4cc(-c5ccc6c(c5)c5ccccc5n6-c5ccc6sc7ccccc7c6c5)c5[nH]c6ccccc6c5c4)ccc32)cc1. The number of thiophene rings is 1. The molecule has 0 atom stereocenters. The van der Waals surface area contributed by atoms with E-state index < -0.39 is 0 Å². The van der Waals surface area contributed by atoms with Crippen LogP contribution in [0.15, 0.2) is 194 Å². The van der Waals surface area contributed by atoms with Crippen molar-refractivity contribution in [3.8, 4) is 33.6 Å². The number of hydrogen-bond donors (Lipinski definition) is 1. The molecule has 1 N–H and O–H groups in total. The third-order valence-electron chi connectivity index (χ3n) is 12.2. The zero-order chi connectivity index (χ0) is 37.9. The lowest BCUT2D eigenvalue weighted by Gasteiger charge is -2.12. The van der Waals surface area contributed by atoms with Gasteiger partial charge >= 0.3 is 0 Å². The normalized spacial score (nSPS) is 12.1. The molecule has 0 amide bonds. The number of fused-ring (bicyclic) bond motifs is 12. The zero-order valence-electron chi connectivity index (χ0n) is 31.3. The molecule has 0 unspecified atom stereocenters. The minimum atomic E-state index is 1.14. The van der Waals surface area contributed by atoms with Crippen LogP contribution in [0.5, 0.6) is 0 Å². The van der Waals surface area contributed by atoms with Crippen molar-refractivity contribution >= 4 is 96.9 Å². The Hall–Kier alpha value is -7.40. The minimum Gasteiger partial charge on any atom is -0.354 e. The number of aromatic nitrogens is 3. The van der Waals surface area contributed by atoms with Gasteiger partial charge in [0.25, 0.3) is 0 Å². The van der Waals surface area contributed by atoms with Crippen LogP contribution >= 0.6 is 11.3 Å². The largest absolute Gasteiger partial charge is 0.354 e. The van der Waals surface area contributed by atoms with E-state index in [0.717, 1.165) is 11.0 Å². The van der Waals surface area contributed by atoms with Crippen molar-refractivity contribution in [1.82, 2.24) is 14.1 Å². The summed E-state index contributed by atoms with van der Waals surface area (Å²) in [5.74, 6) is 0. The van der Waals surface area contributed by atoms with Crippen LogP contribution in [-0.2, 0) is 0 Å². The van der Waals surface area contributed by atoms with Crippen LogP contribution in [0.4, 0.5) is 0 Å². The number of nitrogens with one attached hydrogen (secondary N) is 1. The smallest absolute Gasteiger partial charge is 0.0544 e. The summed E-state index contributed by atoms with van der Waals surface area (Å²) >= 11 is 1.86. The minimum absolute atomic E-state index is 1.14.